The van der Waals surface area contributed by atoms with E-state index >= 15 is 0 Å². The van der Waals surface area contributed by atoms with E-state index in [-0.39, 0.29) is 75.9 Å². The summed E-state index contributed by atoms with van der Waals surface area (Å²) in [7, 11) is 0. The number of carboxylic acid groups (broad SMARTS) is 1. The van der Waals surface area contributed by atoms with Crippen molar-refractivity contribution in [2.75, 3.05) is 0 Å². The van der Waals surface area contributed by atoms with Gasteiger partial charge in [0.2, 0.25) is 0 Å². The third-order valence-electron chi connectivity index (χ3n) is 5.99. The number of carbonyl (C=O) groups is 1. The Morgan fingerprint density at radius 1 is 0.800 bits per heavy atom. The first kappa shape index (κ1) is 25.5. The molecule has 0 saturated heterocycles. The number of rotatable bonds is 2. The third-order valence-corrected chi connectivity index (χ3v) is 5.99. The van der Waals surface area contributed by atoms with Gasteiger partial charge in [-0.05, 0) is 47.2 Å². The standard InChI is InChI=1S/C28H15O5.2Na/c29-17-7-11-19-15(13-17)5-9-23-25(21-3-1-2-4-22(21)28(31)32)24-10-6-16-14-18(30)8-12-20(16)27(24)33-26(19)23;;/h2-14,29H,(H,31,32);;/q-1;2*+1/p-1. The van der Waals surface area contributed by atoms with Gasteiger partial charge < -0.3 is 19.4 Å². The van der Waals surface area contributed by atoms with Crippen LogP contribution in [0.2, 0.25) is 0 Å². The Hall–Kier alpha value is -2.64. The van der Waals surface area contributed by atoms with Crippen LogP contribution in [0, 0.1) is 6.07 Å². The Bertz CT molecular complexity index is 1840. The van der Waals surface area contributed by atoms with Crippen LogP contribution in [-0.4, -0.2) is 11.1 Å². The molecule has 0 bridgehead atoms. The van der Waals surface area contributed by atoms with Gasteiger partial charge in [0.05, 0.1) is 0 Å². The molecule has 5 aromatic carbocycles. The van der Waals surface area contributed by atoms with E-state index in [0.29, 0.717) is 33.1 Å². The monoisotopic (exact) mass is 476 g/mol. The number of phenolic OH excluding ortho intramolecular Hbond substituents is 1. The Morgan fingerprint density at radius 2 is 1.40 bits per heavy atom. The smallest absolute Gasteiger partial charge is 0.547 e. The van der Waals surface area contributed by atoms with Gasteiger partial charge in [0.15, 0.2) is 5.43 Å². The summed E-state index contributed by atoms with van der Waals surface area (Å²) in [6.07, 6.45) is 0. The number of phenols is 1. The van der Waals surface area contributed by atoms with Crippen LogP contribution in [0.25, 0.3) is 54.6 Å². The molecule has 0 radical (unpaired) electrons. The maximum absolute atomic E-state index is 12.0. The molecular weight excluding hydrogens is 462 g/mol. The second-order valence-corrected chi connectivity index (χ2v) is 7.91. The van der Waals surface area contributed by atoms with Crippen molar-refractivity contribution >= 4 is 49.5 Å². The molecule has 7 heteroatoms. The third kappa shape index (κ3) is 4.19. The molecule has 0 aliphatic carbocycles. The normalized spacial score (nSPS) is 10.9. The molecule has 1 N–H and O–H groups in total. The summed E-state index contributed by atoms with van der Waals surface area (Å²) in [5.41, 5.74) is 2.14. The van der Waals surface area contributed by atoms with Crippen molar-refractivity contribution < 1.29 is 78.5 Å². The van der Waals surface area contributed by atoms with Gasteiger partial charge in [-0.15, -0.1) is 11.1 Å². The van der Waals surface area contributed by atoms with E-state index in [2.05, 4.69) is 6.07 Å². The molecule has 0 saturated carbocycles. The number of aromatic hydroxyl groups is 1. The van der Waals surface area contributed by atoms with Gasteiger partial charge in [-0.2, -0.15) is 24.3 Å². The average Bonchev–Trinajstić information content (AvgIpc) is 2.82. The van der Waals surface area contributed by atoms with Gasteiger partial charge in [-0.3, -0.25) is 4.79 Å². The molecule has 0 fully saturated rings. The van der Waals surface area contributed by atoms with Crippen LogP contribution in [0.15, 0.2) is 88.1 Å². The molecule has 1 aromatic heterocycles. The summed E-state index contributed by atoms with van der Waals surface area (Å²) in [5, 5.41) is 26.3. The van der Waals surface area contributed by atoms with Crippen molar-refractivity contribution in [1.82, 2.24) is 0 Å². The number of fused-ring (bicyclic) bond motifs is 6. The molecule has 6 aromatic rings. The van der Waals surface area contributed by atoms with Crippen molar-refractivity contribution in [1.29, 1.82) is 0 Å². The fourth-order valence-electron chi connectivity index (χ4n) is 4.53. The minimum atomic E-state index is -1.29. The van der Waals surface area contributed by atoms with Crippen molar-refractivity contribution in [2.24, 2.45) is 0 Å². The molecule has 35 heavy (non-hydrogen) atoms. The molecule has 6 rings (SSSR count). The summed E-state index contributed by atoms with van der Waals surface area (Å²) in [6.45, 7) is 0. The molecule has 5 nitrogen and oxygen atoms in total. The molecular formula is C28H14Na2O5. The predicted octanol–water partition coefficient (Wildman–Crippen LogP) is -1.20. The van der Waals surface area contributed by atoms with Crippen LogP contribution in [0.4, 0.5) is 0 Å². The number of aromatic carboxylic acids is 1. The van der Waals surface area contributed by atoms with Crippen molar-refractivity contribution in [3.8, 4) is 16.9 Å². The number of carboxylic acids is 1. The van der Waals surface area contributed by atoms with Crippen LogP contribution in [-0.2, 0) is 0 Å². The van der Waals surface area contributed by atoms with Crippen LogP contribution in [0.3, 0.4) is 0 Å². The first-order chi connectivity index (χ1) is 16.0. The summed E-state index contributed by atoms with van der Waals surface area (Å²) in [5.74, 6) is -1.16. The number of hydrogen-bond donors (Lipinski definition) is 1. The fourth-order valence-corrected chi connectivity index (χ4v) is 4.53. The second kappa shape index (κ2) is 9.78. The van der Waals surface area contributed by atoms with Crippen LogP contribution < -0.4 is 69.6 Å². The van der Waals surface area contributed by atoms with Gasteiger partial charge in [-0.25, -0.2) is 0 Å². The zero-order valence-corrected chi connectivity index (χ0v) is 23.1. The van der Waals surface area contributed by atoms with Crippen LogP contribution >= 0.6 is 0 Å². The Kier molecular flexibility index (Phi) is 7.11. The summed E-state index contributed by atoms with van der Waals surface area (Å²) >= 11 is 0. The molecule has 0 aliphatic heterocycles. The minimum Gasteiger partial charge on any atom is -0.547 e. The van der Waals surface area contributed by atoms with E-state index in [1.807, 2.05) is 24.3 Å². The summed E-state index contributed by atoms with van der Waals surface area (Å²) < 4.78 is 6.46. The van der Waals surface area contributed by atoms with Crippen molar-refractivity contribution in [3.63, 3.8) is 0 Å². The molecule has 0 aliphatic rings. The summed E-state index contributed by atoms with van der Waals surface area (Å²) in [4.78, 5) is 23.9. The van der Waals surface area contributed by atoms with E-state index in [9.17, 15) is 19.8 Å². The molecule has 158 valence electrons. The first-order valence-corrected chi connectivity index (χ1v) is 10.3. The molecule has 0 atom stereocenters. The maximum atomic E-state index is 12.0. The molecule has 0 amide bonds. The quantitative estimate of drug-likeness (QED) is 0.147. The predicted molar refractivity (Wildman–Crippen MR) is 125 cm³/mol. The summed E-state index contributed by atoms with van der Waals surface area (Å²) in [6, 6.07) is 24.7. The second-order valence-electron chi connectivity index (χ2n) is 7.91. The van der Waals surface area contributed by atoms with Crippen molar-refractivity contribution in [2.45, 2.75) is 0 Å². The largest absolute Gasteiger partial charge is 1.00 e. The SMILES string of the molecule is O=C([O-])c1cc[c-]cc1-c1c2ccc3cc(O)ccc3c2oc2c1ccc1cc(=O)ccc12.[Na+].[Na+]. The molecule has 0 spiro atoms. The fraction of sp³-hybridized carbons (Fsp3) is 0. The first-order valence-electron chi connectivity index (χ1n) is 10.3. The van der Waals surface area contributed by atoms with Gasteiger partial charge in [0.25, 0.3) is 0 Å². The Morgan fingerprint density at radius 3 is 2.06 bits per heavy atom. The van der Waals surface area contributed by atoms with E-state index < -0.39 is 5.97 Å². The van der Waals surface area contributed by atoms with Gasteiger partial charge in [0.1, 0.15) is 16.9 Å². The Balaban J connectivity index is 0.00000144. The van der Waals surface area contributed by atoms with E-state index in [1.165, 1.54) is 24.3 Å². The molecule has 1 heterocycles. The number of hydrogen-bond acceptors (Lipinski definition) is 5. The topological polar surface area (TPSA) is 90.6 Å². The molecule has 0 unspecified atom stereocenters. The van der Waals surface area contributed by atoms with E-state index in [1.54, 1.807) is 30.3 Å². The van der Waals surface area contributed by atoms with Gasteiger partial charge in [0, 0.05) is 27.5 Å². The van der Waals surface area contributed by atoms with Crippen molar-refractivity contribution in [3.05, 3.63) is 101 Å². The number of carbonyl (C=O) groups excluding carboxylic acids is 1. The van der Waals surface area contributed by atoms with Crippen LogP contribution in [0.1, 0.15) is 10.4 Å². The average molecular weight is 476 g/mol. The van der Waals surface area contributed by atoms with Crippen LogP contribution in [0.5, 0.6) is 5.75 Å². The Labute approximate surface area is 243 Å². The minimum absolute atomic E-state index is 0. The zero-order valence-electron chi connectivity index (χ0n) is 19.1. The van der Waals surface area contributed by atoms with E-state index in [0.717, 1.165) is 21.5 Å². The maximum Gasteiger partial charge on any atom is 1.00 e. The van der Waals surface area contributed by atoms with Gasteiger partial charge >= 0.3 is 59.1 Å². The zero-order chi connectivity index (χ0) is 22.7. The van der Waals surface area contributed by atoms with E-state index in [4.69, 9.17) is 4.42 Å². The van der Waals surface area contributed by atoms with Gasteiger partial charge in [-0.1, -0.05) is 29.8 Å². The number of benzene rings is 5.